The molecule has 0 rings (SSSR count). The van der Waals surface area contributed by atoms with Crippen LogP contribution in [-0.4, -0.2) is 37.2 Å². The van der Waals surface area contributed by atoms with E-state index in [0.29, 0.717) is 19.3 Å². The quantitative estimate of drug-likeness (QED) is 0.0262. The third kappa shape index (κ3) is 53.4. The van der Waals surface area contributed by atoms with Crippen molar-refractivity contribution >= 4 is 17.9 Å². The average molecular weight is 933 g/mol. The van der Waals surface area contributed by atoms with E-state index >= 15 is 0 Å². The Morgan fingerprint density at radius 2 is 0.537 bits per heavy atom. The lowest BCUT2D eigenvalue weighted by molar-refractivity contribution is -0.167. The van der Waals surface area contributed by atoms with E-state index in [4.69, 9.17) is 14.2 Å². The van der Waals surface area contributed by atoms with Crippen molar-refractivity contribution in [3.8, 4) is 0 Å². The molecule has 1 atom stereocenters. The predicted molar refractivity (Wildman–Crippen MR) is 288 cm³/mol. The molecule has 0 aliphatic rings. The normalized spacial score (nSPS) is 12.7. The molecule has 0 aromatic carbocycles. The van der Waals surface area contributed by atoms with Crippen molar-refractivity contribution in [2.45, 2.75) is 271 Å². The monoisotopic (exact) mass is 933 g/mol. The number of ether oxygens (including phenoxy) is 3. The summed E-state index contributed by atoms with van der Waals surface area (Å²) in [6, 6.07) is 0. The highest BCUT2D eigenvalue weighted by Crippen LogP contribution is 2.14. The number of carbonyl (C=O) groups is 3. The second-order valence-corrected chi connectivity index (χ2v) is 18.5. The van der Waals surface area contributed by atoms with Crippen LogP contribution >= 0.6 is 0 Å². The van der Waals surface area contributed by atoms with Crippen molar-refractivity contribution in [2.24, 2.45) is 0 Å². The van der Waals surface area contributed by atoms with Gasteiger partial charge in [-0.3, -0.25) is 14.4 Å². The SMILES string of the molecule is CCCCC/C=C\C/C=C\C/C=C\CCCCCCCCC(=O)OC[C@@H](COC(=O)CCCCCCC/C=C\C/C=C\CCCCC)OC(=O)CCCCCCC/C=C\C/C=C\CCCCC. The van der Waals surface area contributed by atoms with E-state index in [-0.39, 0.29) is 31.1 Å². The molecule has 0 fully saturated rings. The second kappa shape index (κ2) is 55.2. The Kier molecular flexibility index (Phi) is 52.4. The lowest BCUT2D eigenvalue weighted by Crippen LogP contribution is -2.30. The zero-order chi connectivity index (χ0) is 48.6. The smallest absolute Gasteiger partial charge is 0.306 e. The van der Waals surface area contributed by atoms with Gasteiger partial charge in [0.05, 0.1) is 0 Å². The Morgan fingerprint density at radius 1 is 0.299 bits per heavy atom. The summed E-state index contributed by atoms with van der Waals surface area (Å²) in [7, 11) is 0. The lowest BCUT2D eigenvalue weighted by Gasteiger charge is -2.18. The molecule has 0 aromatic heterocycles. The molecule has 0 spiro atoms. The maximum Gasteiger partial charge on any atom is 0.306 e. The van der Waals surface area contributed by atoms with Gasteiger partial charge in [0.1, 0.15) is 13.2 Å². The highest BCUT2D eigenvalue weighted by atomic mass is 16.6. The number of allylic oxidation sites excluding steroid dienone is 14. The molecular formula is C61H104O6. The van der Waals surface area contributed by atoms with Gasteiger partial charge in [0.2, 0.25) is 0 Å². The predicted octanol–water partition coefficient (Wildman–Crippen LogP) is 18.8. The van der Waals surface area contributed by atoms with Gasteiger partial charge in [0, 0.05) is 19.3 Å². The molecule has 0 saturated heterocycles. The first-order chi connectivity index (χ1) is 33.0. The Labute approximate surface area is 414 Å². The van der Waals surface area contributed by atoms with Crippen LogP contribution in [0.2, 0.25) is 0 Å². The lowest BCUT2D eigenvalue weighted by atomic mass is 10.1. The molecule has 0 unspecified atom stereocenters. The van der Waals surface area contributed by atoms with E-state index in [1.807, 2.05) is 0 Å². The first-order valence-corrected chi connectivity index (χ1v) is 28.1. The Morgan fingerprint density at radius 3 is 0.836 bits per heavy atom. The topological polar surface area (TPSA) is 78.9 Å². The van der Waals surface area contributed by atoms with Crippen LogP contribution in [0.15, 0.2) is 85.1 Å². The summed E-state index contributed by atoms with van der Waals surface area (Å²) in [6.07, 6.45) is 71.3. The van der Waals surface area contributed by atoms with Crippen LogP contribution in [0, 0.1) is 0 Å². The first kappa shape index (κ1) is 63.6. The van der Waals surface area contributed by atoms with Crippen molar-refractivity contribution in [3.05, 3.63) is 85.1 Å². The van der Waals surface area contributed by atoms with Gasteiger partial charge in [0.25, 0.3) is 0 Å². The van der Waals surface area contributed by atoms with Gasteiger partial charge >= 0.3 is 17.9 Å². The minimum Gasteiger partial charge on any atom is -0.462 e. The van der Waals surface area contributed by atoms with Gasteiger partial charge in [-0.1, -0.05) is 209 Å². The van der Waals surface area contributed by atoms with Crippen LogP contribution in [0.5, 0.6) is 0 Å². The highest BCUT2D eigenvalue weighted by Gasteiger charge is 2.19. The largest absolute Gasteiger partial charge is 0.462 e. The van der Waals surface area contributed by atoms with Gasteiger partial charge in [-0.2, -0.15) is 0 Å². The van der Waals surface area contributed by atoms with Gasteiger partial charge in [-0.25, -0.2) is 0 Å². The number of unbranched alkanes of at least 4 members (excludes halogenated alkanes) is 25. The van der Waals surface area contributed by atoms with Crippen LogP contribution < -0.4 is 0 Å². The zero-order valence-corrected chi connectivity index (χ0v) is 43.9. The molecule has 0 bridgehead atoms. The van der Waals surface area contributed by atoms with Crippen molar-refractivity contribution in [2.75, 3.05) is 13.2 Å². The van der Waals surface area contributed by atoms with Crippen molar-refractivity contribution in [1.29, 1.82) is 0 Å². The zero-order valence-electron chi connectivity index (χ0n) is 43.9. The number of esters is 3. The standard InChI is InChI=1S/C61H104O6/c1-4-7-10-13-16-19-22-25-28-29-30-31-34-36-39-42-45-48-51-54-60(63)66-57-58(67-61(64)55-52-49-46-43-40-37-33-27-24-21-18-15-12-9-6-3)56-65-59(62)53-50-47-44-41-38-35-32-26-23-20-17-14-11-8-5-2/h16-21,25-28,30-33,58H,4-15,22-24,29,34-57H2,1-3H3/b19-16-,20-17-,21-18-,28-25-,31-30-,32-26-,33-27-/t58-/m1/s1. The summed E-state index contributed by atoms with van der Waals surface area (Å²) in [5.41, 5.74) is 0. The van der Waals surface area contributed by atoms with Crippen molar-refractivity contribution in [1.82, 2.24) is 0 Å². The average Bonchev–Trinajstić information content (AvgIpc) is 3.33. The highest BCUT2D eigenvalue weighted by molar-refractivity contribution is 5.71. The molecule has 384 valence electrons. The molecule has 0 amide bonds. The van der Waals surface area contributed by atoms with Crippen LogP contribution in [0.3, 0.4) is 0 Å². The summed E-state index contributed by atoms with van der Waals surface area (Å²) < 4.78 is 16.8. The summed E-state index contributed by atoms with van der Waals surface area (Å²) in [5.74, 6) is -0.930. The van der Waals surface area contributed by atoms with Gasteiger partial charge < -0.3 is 14.2 Å². The molecule has 0 aliphatic heterocycles. The van der Waals surface area contributed by atoms with Gasteiger partial charge in [0.15, 0.2) is 6.10 Å². The fraction of sp³-hybridized carbons (Fsp3) is 0.721. The summed E-state index contributed by atoms with van der Waals surface area (Å²) in [5, 5.41) is 0. The molecule has 0 saturated carbocycles. The number of hydrogen-bond donors (Lipinski definition) is 0. The van der Waals surface area contributed by atoms with E-state index in [2.05, 4.69) is 106 Å². The first-order valence-electron chi connectivity index (χ1n) is 28.1. The second-order valence-electron chi connectivity index (χ2n) is 18.5. The summed E-state index contributed by atoms with van der Waals surface area (Å²) in [4.78, 5) is 38.1. The van der Waals surface area contributed by atoms with E-state index in [1.165, 1.54) is 96.3 Å². The minimum atomic E-state index is -0.796. The third-order valence-electron chi connectivity index (χ3n) is 11.8. The Balaban J connectivity index is 4.45. The van der Waals surface area contributed by atoms with Crippen LogP contribution in [0.4, 0.5) is 0 Å². The minimum absolute atomic E-state index is 0.0941. The fourth-order valence-electron chi connectivity index (χ4n) is 7.57. The van der Waals surface area contributed by atoms with E-state index in [9.17, 15) is 14.4 Å². The molecule has 6 heteroatoms. The fourth-order valence-corrected chi connectivity index (χ4v) is 7.57. The van der Waals surface area contributed by atoms with Gasteiger partial charge in [-0.15, -0.1) is 0 Å². The summed E-state index contributed by atoms with van der Waals surface area (Å²) >= 11 is 0. The molecule has 0 aliphatic carbocycles. The van der Waals surface area contributed by atoms with Crippen molar-refractivity contribution in [3.63, 3.8) is 0 Å². The third-order valence-corrected chi connectivity index (χ3v) is 11.8. The Hall–Kier alpha value is -3.41. The molecule has 0 aromatic rings. The van der Waals surface area contributed by atoms with Crippen LogP contribution in [-0.2, 0) is 28.6 Å². The molecule has 0 radical (unpaired) electrons. The molecule has 6 nitrogen and oxygen atoms in total. The number of carbonyl (C=O) groups excluding carboxylic acids is 3. The van der Waals surface area contributed by atoms with E-state index < -0.39 is 6.10 Å². The molecular weight excluding hydrogens is 829 g/mol. The van der Waals surface area contributed by atoms with Crippen LogP contribution in [0.1, 0.15) is 265 Å². The maximum absolute atomic E-state index is 12.8. The maximum atomic E-state index is 12.8. The van der Waals surface area contributed by atoms with Crippen molar-refractivity contribution < 1.29 is 28.6 Å². The van der Waals surface area contributed by atoms with E-state index in [1.54, 1.807) is 0 Å². The number of hydrogen-bond acceptors (Lipinski definition) is 6. The van der Waals surface area contributed by atoms with E-state index in [0.717, 1.165) is 128 Å². The molecule has 0 N–H and O–H groups in total. The molecule has 67 heavy (non-hydrogen) atoms. The summed E-state index contributed by atoms with van der Waals surface area (Å²) in [6.45, 7) is 6.53. The van der Waals surface area contributed by atoms with Gasteiger partial charge in [-0.05, 0) is 122 Å². The number of rotatable bonds is 50. The Bertz CT molecular complexity index is 1300. The van der Waals surface area contributed by atoms with Crippen LogP contribution in [0.25, 0.3) is 0 Å². The molecule has 0 heterocycles.